The van der Waals surface area contributed by atoms with Gasteiger partial charge in [-0.25, -0.2) is 0 Å². The standard InChI is InChI=1S/C13H23NO/c1-13(2)9-6-10-14(13)11-7-4-3-5-8-12(11)15/h11H,3-10H2,1-2H3. The molecule has 2 aliphatic rings. The van der Waals surface area contributed by atoms with Gasteiger partial charge in [0.2, 0.25) is 0 Å². The van der Waals surface area contributed by atoms with Gasteiger partial charge in [-0.15, -0.1) is 0 Å². The first-order valence-corrected chi connectivity index (χ1v) is 6.41. The molecule has 1 unspecified atom stereocenters. The predicted octanol–water partition coefficient (Wildman–Crippen LogP) is 2.76. The van der Waals surface area contributed by atoms with Crippen molar-refractivity contribution in [1.82, 2.24) is 4.90 Å². The fourth-order valence-corrected chi connectivity index (χ4v) is 3.18. The molecule has 1 aliphatic carbocycles. The van der Waals surface area contributed by atoms with E-state index in [0.717, 1.165) is 25.8 Å². The van der Waals surface area contributed by atoms with E-state index in [1.165, 1.54) is 25.7 Å². The molecule has 86 valence electrons. The highest BCUT2D eigenvalue weighted by molar-refractivity contribution is 5.84. The molecule has 2 nitrogen and oxygen atoms in total. The maximum Gasteiger partial charge on any atom is 0.149 e. The van der Waals surface area contributed by atoms with E-state index in [2.05, 4.69) is 18.7 Å². The van der Waals surface area contributed by atoms with Crippen LogP contribution in [0.1, 0.15) is 58.8 Å². The van der Waals surface area contributed by atoms with E-state index in [1.807, 2.05) is 0 Å². The fourth-order valence-electron chi connectivity index (χ4n) is 3.18. The van der Waals surface area contributed by atoms with Crippen LogP contribution in [0, 0.1) is 0 Å². The van der Waals surface area contributed by atoms with Crippen LogP contribution in [0.15, 0.2) is 0 Å². The monoisotopic (exact) mass is 209 g/mol. The Kier molecular flexibility index (Phi) is 3.15. The van der Waals surface area contributed by atoms with Crippen LogP contribution < -0.4 is 0 Å². The van der Waals surface area contributed by atoms with E-state index < -0.39 is 0 Å². The molecule has 0 spiro atoms. The highest BCUT2D eigenvalue weighted by atomic mass is 16.1. The van der Waals surface area contributed by atoms with Gasteiger partial charge in [0, 0.05) is 12.0 Å². The summed E-state index contributed by atoms with van der Waals surface area (Å²) in [6.07, 6.45) is 8.02. The van der Waals surface area contributed by atoms with Crippen molar-refractivity contribution >= 4 is 5.78 Å². The predicted molar refractivity (Wildman–Crippen MR) is 61.9 cm³/mol. The number of hydrogen-bond donors (Lipinski definition) is 0. The molecule has 0 aromatic heterocycles. The first-order chi connectivity index (χ1) is 7.11. The van der Waals surface area contributed by atoms with Gasteiger partial charge in [-0.05, 0) is 46.1 Å². The number of carbonyl (C=O) groups is 1. The molecule has 1 aliphatic heterocycles. The molecule has 0 bridgehead atoms. The van der Waals surface area contributed by atoms with Gasteiger partial charge in [-0.1, -0.05) is 12.8 Å². The molecular formula is C13H23NO. The molecule has 0 N–H and O–H groups in total. The van der Waals surface area contributed by atoms with Gasteiger partial charge in [0.1, 0.15) is 5.78 Å². The highest BCUT2D eigenvalue weighted by Gasteiger charge is 2.39. The molecule has 2 fully saturated rings. The fraction of sp³-hybridized carbons (Fsp3) is 0.923. The molecule has 1 heterocycles. The SMILES string of the molecule is CC1(C)CCCN1C1CCCCCC1=O. The topological polar surface area (TPSA) is 20.3 Å². The largest absolute Gasteiger partial charge is 0.298 e. The molecule has 0 amide bonds. The van der Waals surface area contributed by atoms with Crippen molar-refractivity contribution in [3.63, 3.8) is 0 Å². The lowest BCUT2D eigenvalue weighted by Crippen LogP contribution is -2.48. The highest BCUT2D eigenvalue weighted by Crippen LogP contribution is 2.33. The lowest BCUT2D eigenvalue weighted by molar-refractivity contribution is -0.125. The van der Waals surface area contributed by atoms with Crippen LogP contribution in [0.25, 0.3) is 0 Å². The van der Waals surface area contributed by atoms with Crippen molar-refractivity contribution in [2.24, 2.45) is 0 Å². The van der Waals surface area contributed by atoms with Crippen LogP contribution in [0.5, 0.6) is 0 Å². The zero-order valence-corrected chi connectivity index (χ0v) is 10.1. The molecule has 0 radical (unpaired) electrons. The molecule has 1 saturated carbocycles. The van der Waals surface area contributed by atoms with E-state index in [1.54, 1.807) is 0 Å². The van der Waals surface area contributed by atoms with Gasteiger partial charge >= 0.3 is 0 Å². The van der Waals surface area contributed by atoms with Gasteiger partial charge < -0.3 is 0 Å². The van der Waals surface area contributed by atoms with Gasteiger partial charge in [0.15, 0.2) is 0 Å². The zero-order valence-electron chi connectivity index (χ0n) is 10.1. The second-order valence-electron chi connectivity index (χ2n) is 5.69. The molecule has 2 rings (SSSR count). The normalized spacial score (nSPS) is 32.9. The summed E-state index contributed by atoms with van der Waals surface area (Å²) in [5.41, 5.74) is 0.255. The Morgan fingerprint density at radius 3 is 2.67 bits per heavy atom. The third-order valence-corrected chi connectivity index (χ3v) is 4.11. The van der Waals surface area contributed by atoms with Crippen molar-refractivity contribution in [3.05, 3.63) is 0 Å². The number of ketones is 1. The Balaban J connectivity index is 2.10. The second-order valence-corrected chi connectivity index (χ2v) is 5.69. The van der Waals surface area contributed by atoms with Crippen molar-refractivity contribution < 1.29 is 4.79 Å². The number of hydrogen-bond acceptors (Lipinski definition) is 2. The van der Waals surface area contributed by atoms with Crippen LogP contribution in [0.4, 0.5) is 0 Å². The van der Waals surface area contributed by atoms with E-state index in [0.29, 0.717) is 5.78 Å². The van der Waals surface area contributed by atoms with Crippen molar-refractivity contribution in [3.8, 4) is 0 Å². The zero-order chi connectivity index (χ0) is 10.9. The molecule has 1 atom stereocenters. The van der Waals surface area contributed by atoms with Crippen LogP contribution >= 0.6 is 0 Å². The van der Waals surface area contributed by atoms with Gasteiger partial charge in [-0.3, -0.25) is 9.69 Å². The van der Waals surface area contributed by atoms with E-state index in [9.17, 15) is 4.79 Å². The van der Waals surface area contributed by atoms with Crippen LogP contribution in [-0.2, 0) is 4.79 Å². The summed E-state index contributed by atoms with van der Waals surface area (Å²) in [5.74, 6) is 0.502. The summed E-state index contributed by atoms with van der Waals surface area (Å²) in [5, 5.41) is 0. The first kappa shape index (κ1) is 11.1. The van der Waals surface area contributed by atoms with Gasteiger partial charge in [-0.2, -0.15) is 0 Å². The molecule has 0 aromatic carbocycles. The average molecular weight is 209 g/mol. The van der Waals surface area contributed by atoms with Crippen LogP contribution in [-0.4, -0.2) is 28.8 Å². The number of likely N-dealkylation sites (tertiary alicyclic amines) is 1. The third-order valence-electron chi connectivity index (χ3n) is 4.11. The second kappa shape index (κ2) is 4.25. The van der Waals surface area contributed by atoms with Crippen molar-refractivity contribution in [2.75, 3.05) is 6.54 Å². The Bertz CT molecular complexity index is 247. The molecule has 1 saturated heterocycles. The number of rotatable bonds is 1. The quantitative estimate of drug-likeness (QED) is 0.619. The van der Waals surface area contributed by atoms with Crippen LogP contribution in [0.3, 0.4) is 0 Å². The summed E-state index contributed by atoms with van der Waals surface area (Å²) in [7, 11) is 0. The lowest BCUT2D eigenvalue weighted by Gasteiger charge is -2.37. The lowest BCUT2D eigenvalue weighted by atomic mass is 9.97. The Hall–Kier alpha value is -0.370. The van der Waals surface area contributed by atoms with E-state index >= 15 is 0 Å². The number of nitrogens with zero attached hydrogens (tertiary/aromatic N) is 1. The minimum absolute atomic E-state index is 0.241. The minimum atomic E-state index is 0.241. The van der Waals surface area contributed by atoms with Gasteiger partial charge in [0.05, 0.1) is 6.04 Å². The van der Waals surface area contributed by atoms with E-state index in [4.69, 9.17) is 0 Å². The number of carbonyl (C=O) groups excluding carboxylic acids is 1. The first-order valence-electron chi connectivity index (χ1n) is 6.41. The summed E-state index contributed by atoms with van der Waals surface area (Å²) >= 11 is 0. The summed E-state index contributed by atoms with van der Waals surface area (Å²) in [6.45, 7) is 5.71. The summed E-state index contributed by atoms with van der Waals surface area (Å²) in [6, 6.07) is 0.241. The molecule has 2 heteroatoms. The summed E-state index contributed by atoms with van der Waals surface area (Å²) < 4.78 is 0. The van der Waals surface area contributed by atoms with Gasteiger partial charge in [0.25, 0.3) is 0 Å². The molecule has 0 aromatic rings. The third kappa shape index (κ3) is 2.25. The van der Waals surface area contributed by atoms with Crippen LogP contribution in [0.2, 0.25) is 0 Å². The molecular weight excluding hydrogens is 186 g/mol. The smallest absolute Gasteiger partial charge is 0.149 e. The van der Waals surface area contributed by atoms with Crippen molar-refractivity contribution in [2.45, 2.75) is 70.4 Å². The summed E-state index contributed by atoms with van der Waals surface area (Å²) in [4.78, 5) is 14.5. The Labute approximate surface area is 93.0 Å². The van der Waals surface area contributed by atoms with Crippen molar-refractivity contribution in [1.29, 1.82) is 0 Å². The van der Waals surface area contributed by atoms with E-state index in [-0.39, 0.29) is 11.6 Å². The Morgan fingerprint density at radius 1 is 1.20 bits per heavy atom. The Morgan fingerprint density at radius 2 is 2.00 bits per heavy atom. The maximum atomic E-state index is 12.0. The molecule has 15 heavy (non-hydrogen) atoms. The average Bonchev–Trinajstić information content (AvgIpc) is 2.39. The maximum absolute atomic E-state index is 12.0. The minimum Gasteiger partial charge on any atom is -0.298 e. The number of Topliss-reactive ketones (excluding diaryl/α,β-unsaturated/α-hetero) is 1.